The summed E-state index contributed by atoms with van der Waals surface area (Å²) in [6.07, 6.45) is 18.1. The highest BCUT2D eigenvalue weighted by Gasteiger charge is 1.99. The summed E-state index contributed by atoms with van der Waals surface area (Å²) in [6, 6.07) is 0. The van der Waals surface area contributed by atoms with Crippen LogP contribution >= 0.6 is 0 Å². The van der Waals surface area contributed by atoms with E-state index in [4.69, 9.17) is 5.73 Å². The Bertz CT molecular complexity index is 219. The minimum absolute atomic E-state index is 0.156. The molecular formula is C18H38N2O. The molecule has 3 nitrogen and oxygen atoms in total. The van der Waals surface area contributed by atoms with Gasteiger partial charge in [0.05, 0.1) is 0 Å². The van der Waals surface area contributed by atoms with E-state index < -0.39 is 0 Å². The maximum atomic E-state index is 11.3. The molecule has 0 saturated carbocycles. The van der Waals surface area contributed by atoms with Gasteiger partial charge in [0.25, 0.3) is 0 Å². The van der Waals surface area contributed by atoms with Crippen molar-refractivity contribution in [3.05, 3.63) is 0 Å². The van der Waals surface area contributed by atoms with Gasteiger partial charge in [0.2, 0.25) is 5.91 Å². The molecule has 0 atom stereocenters. The Kier molecular flexibility index (Phi) is 17.0. The molecule has 0 rings (SSSR count). The van der Waals surface area contributed by atoms with Crippen LogP contribution in [0.3, 0.4) is 0 Å². The second kappa shape index (κ2) is 17.5. The van der Waals surface area contributed by atoms with Gasteiger partial charge in [0.1, 0.15) is 0 Å². The zero-order valence-electron chi connectivity index (χ0n) is 14.3. The third-order valence-electron chi connectivity index (χ3n) is 3.97. The first-order chi connectivity index (χ1) is 10.3. The summed E-state index contributed by atoms with van der Waals surface area (Å²) in [4.78, 5) is 11.3. The number of hydrogen-bond donors (Lipinski definition) is 2. The van der Waals surface area contributed by atoms with Crippen molar-refractivity contribution in [3.63, 3.8) is 0 Å². The standard InChI is InChI=1S/C18H38N2O/c1-2-3-4-5-6-7-8-9-10-11-12-13-14-15-18(21)20-17-16-19/h2-17,19H2,1H3,(H,20,21). The minimum Gasteiger partial charge on any atom is -0.355 e. The zero-order chi connectivity index (χ0) is 15.6. The Morgan fingerprint density at radius 3 is 1.62 bits per heavy atom. The average Bonchev–Trinajstić information content (AvgIpc) is 2.49. The van der Waals surface area contributed by atoms with Crippen LogP contribution in [0.1, 0.15) is 96.8 Å². The number of rotatable bonds is 16. The maximum Gasteiger partial charge on any atom is 0.220 e. The van der Waals surface area contributed by atoms with Crippen LogP contribution in [-0.2, 0) is 4.79 Å². The fourth-order valence-electron chi connectivity index (χ4n) is 2.60. The quantitative estimate of drug-likeness (QED) is 0.411. The van der Waals surface area contributed by atoms with Gasteiger partial charge in [0.15, 0.2) is 0 Å². The predicted molar refractivity (Wildman–Crippen MR) is 92.4 cm³/mol. The largest absolute Gasteiger partial charge is 0.355 e. The van der Waals surface area contributed by atoms with Crippen molar-refractivity contribution in [1.29, 1.82) is 0 Å². The van der Waals surface area contributed by atoms with Crippen LogP contribution in [0.25, 0.3) is 0 Å². The van der Waals surface area contributed by atoms with Crippen molar-refractivity contribution in [3.8, 4) is 0 Å². The van der Waals surface area contributed by atoms with E-state index in [0.29, 0.717) is 19.5 Å². The van der Waals surface area contributed by atoms with Crippen molar-refractivity contribution in [2.24, 2.45) is 5.73 Å². The average molecular weight is 299 g/mol. The molecule has 0 heterocycles. The van der Waals surface area contributed by atoms with Gasteiger partial charge in [-0.1, -0.05) is 84.0 Å². The predicted octanol–water partition coefficient (Wildman–Crippen LogP) is 4.54. The summed E-state index contributed by atoms with van der Waals surface area (Å²) < 4.78 is 0. The second-order valence-electron chi connectivity index (χ2n) is 6.13. The molecule has 0 bridgehead atoms. The van der Waals surface area contributed by atoms with Gasteiger partial charge >= 0.3 is 0 Å². The van der Waals surface area contributed by atoms with Gasteiger partial charge < -0.3 is 11.1 Å². The first-order valence-corrected chi connectivity index (χ1v) is 9.28. The highest BCUT2D eigenvalue weighted by atomic mass is 16.1. The van der Waals surface area contributed by atoms with Gasteiger partial charge in [-0.15, -0.1) is 0 Å². The molecule has 0 fully saturated rings. The van der Waals surface area contributed by atoms with E-state index in [9.17, 15) is 4.79 Å². The lowest BCUT2D eigenvalue weighted by Gasteiger charge is -2.04. The van der Waals surface area contributed by atoms with Gasteiger partial charge in [0, 0.05) is 19.5 Å². The van der Waals surface area contributed by atoms with E-state index in [1.54, 1.807) is 0 Å². The molecule has 1 amide bonds. The smallest absolute Gasteiger partial charge is 0.220 e. The van der Waals surface area contributed by atoms with Crippen LogP contribution in [0.4, 0.5) is 0 Å². The molecule has 0 unspecified atom stereocenters. The number of carbonyl (C=O) groups excluding carboxylic acids is 1. The Hall–Kier alpha value is -0.570. The molecule has 126 valence electrons. The van der Waals surface area contributed by atoms with Crippen molar-refractivity contribution in [2.45, 2.75) is 96.8 Å². The summed E-state index contributed by atoms with van der Waals surface area (Å²) >= 11 is 0. The van der Waals surface area contributed by atoms with E-state index in [2.05, 4.69) is 12.2 Å². The summed E-state index contributed by atoms with van der Waals surface area (Å²) in [5.74, 6) is 0.156. The SMILES string of the molecule is CCCCCCCCCCCCCCCC(=O)NCCN. The lowest BCUT2D eigenvalue weighted by atomic mass is 10.0. The van der Waals surface area contributed by atoms with Gasteiger partial charge in [-0.2, -0.15) is 0 Å². The summed E-state index contributed by atoms with van der Waals surface area (Å²) in [6.45, 7) is 3.41. The molecule has 0 aliphatic carbocycles. The molecule has 0 spiro atoms. The van der Waals surface area contributed by atoms with Crippen LogP contribution in [0.2, 0.25) is 0 Å². The minimum atomic E-state index is 0.156. The van der Waals surface area contributed by atoms with Gasteiger partial charge in [-0.05, 0) is 6.42 Å². The summed E-state index contributed by atoms with van der Waals surface area (Å²) in [7, 11) is 0. The van der Waals surface area contributed by atoms with Crippen molar-refractivity contribution >= 4 is 5.91 Å². The normalized spacial score (nSPS) is 10.8. The molecule has 3 N–H and O–H groups in total. The highest BCUT2D eigenvalue weighted by molar-refractivity contribution is 5.75. The number of nitrogens with two attached hydrogens (primary N) is 1. The fraction of sp³-hybridized carbons (Fsp3) is 0.944. The fourth-order valence-corrected chi connectivity index (χ4v) is 2.60. The van der Waals surface area contributed by atoms with Gasteiger partial charge in [-0.25, -0.2) is 0 Å². The third kappa shape index (κ3) is 17.4. The lowest BCUT2D eigenvalue weighted by Crippen LogP contribution is -2.28. The van der Waals surface area contributed by atoms with E-state index in [0.717, 1.165) is 6.42 Å². The number of amides is 1. The monoisotopic (exact) mass is 298 g/mol. The number of hydrogen-bond acceptors (Lipinski definition) is 2. The zero-order valence-corrected chi connectivity index (χ0v) is 14.3. The topological polar surface area (TPSA) is 55.1 Å². The van der Waals surface area contributed by atoms with Crippen LogP contribution in [-0.4, -0.2) is 19.0 Å². The Balaban J connectivity index is 3.04. The van der Waals surface area contributed by atoms with Crippen LogP contribution in [0, 0.1) is 0 Å². The molecule has 21 heavy (non-hydrogen) atoms. The van der Waals surface area contributed by atoms with Crippen LogP contribution < -0.4 is 11.1 Å². The van der Waals surface area contributed by atoms with Crippen molar-refractivity contribution in [2.75, 3.05) is 13.1 Å². The molecular weight excluding hydrogens is 260 g/mol. The lowest BCUT2D eigenvalue weighted by molar-refractivity contribution is -0.121. The molecule has 0 aliphatic rings. The van der Waals surface area contributed by atoms with Crippen molar-refractivity contribution in [1.82, 2.24) is 5.32 Å². The van der Waals surface area contributed by atoms with E-state index in [1.807, 2.05) is 0 Å². The summed E-state index contributed by atoms with van der Waals surface area (Å²) in [5.41, 5.74) is 5.34. The summed E-state index contributed by atoms with van der Waals surface area (Å²) in [5, 5.41) is 2.81. The maximum absolute atomic E-state index is 11.3. The first-order valence-electron chi connectivity index (χ1n) is 9.28. The van der Waals surface area contributed by atoms with Crippen LogP contribution in [0.5, 0.6) is 0 Å². The number of nitrogens with one attached hydrogen (secondary N) is 1. The molecule has 3 heteroatoms. The van der Waals surface area contributed by atoms with E-state index in [-0.39, 0.29) is 5.91 Å². The molecule has 0 radical (unpaired) electrons. The molecule has 0 saturated heterocycles. The third-order valence-corrected chi connectivity index (χ3v) is 3.97. The molecule has 0 aromatic rings. The molecule has 0 aliphatic heterocycles. The van der Waals surface area contributed by atoms with E-state index >= 15 is 0 Å². The Morgan fingerprint density at radius 1 is 0.762 bits per heavy atom. The van der Waals surface area contributed by atoms with Crippen LogP contribution in [0.15, 0.2) is 0 Å². The Labute approximate surface area is 132 Å². The Morgan fingerprint density at radius 2 is 1.19 bits per heavy atom. The molecule has 0 aromatic heterocycles. The van der Waals surface area contributed by atoms with Gasteiger partial charge in [-0.3, -0.25) is 4.79 Å². The second-order valence-corrected chi connectivity index (χ2v) is 6.13. The molecule has 0 aromatic carbocycles. The van der Waals surface area contributed by atoms with E-state index in [1.165, 1.54) is 77.0 Å². The number of carbonyl (C=O) groups is 1. The number of unbranched alkanes of at least 4 members (excludes halogenated alkanes) is 12. The first kappa shape index (κ1) is 20.4. The van der Waals surface area contributed by atoms with Crippen molar-refractivity contribution < 1.29 is 4.79 Å². The highest BCUT2D eigenvalue weighted by Crippen LogP contribution is 2.12.